The van der Waals surface area contributed by atoms with Gasteiger partial charge in [-0.05, 0) is 44.4 Å². The Morgan fingerprint density at radius 3 is 2.58 bits per heavy atom. The van der Waals surface area contributed by atoms with Crippen molar-refractivity contribution in [3.8, 4) is 11.5 Å². The van der Waals surface area contributed by atoms with E-state index < -0.39 is 6.61 Å². The zero-order chi connectivity index (χ0) is 18.1. The van der Waals surface area contributed by atoms with Gasteiger partial charge in [0.25, 0.3) is 0 Å². The van der Waals surface area contributed by atoms with E-state index in [1.54, 1.807) is 19.1 Å². The van der Waals surface area contributed by atoms with Gasteiger partial charge in [0.05, 0.1) is 13.2 Å². The van der Waals surface area contributed by atoms with Crippen LogP contribution < -0.4 is 20.1 Å². The van der Waals surface area contributed by atoms with E-state index in [9.17, 15) is 8.78 Å². The second kappa shape index (κ2) is 12.1. The lowest BCUT2D eigenvalue weighted by molar-refractivity contribution is -0.0514. The third-order valence-electron chi connectivity index (χ3n) is 3.98. The molecule has 1 aliphatic rings. The molecule has 1 saturated carbocycles. The number of halogens is 3. The number of benzene rings is 1. The van der Waals surface area contributed by atoms with E-state index in [4.69, 9.17) is 4.74 Å². The lowest BCUT2D eigenvalue weighted by atomic mass is 10.2. The fourth-order valence-corrected chi connectivity index (χ4v) is 2.87. The number of rotatable bonds is 8. The Kier molecular flexibility index (Phi) is 10.6. The van der Waals surface area contributed by atoms with Crippen molar-refractivity contribution in [3.05, 3.63) is 23.8 Å². The summed E-state index contributed by atoms with van der Waals surface area (Å²) in [7, 11) is 0. The Morgan fingerprint density at radius 1 is 1.23 bits per heavy atom. The summed E-state index contributed by atoms with van der Waals surface area (Å²) in [6, 6.07) is 5.39. The lowest BCUT2D eigenvalue weighted by Crippen LogP contribution is -2.42. The summed E-state index contributed by atoms with van der Waals surface area (Å²) in [5, 5.41) is 6.69. The van der Waals surface area contributed by atoms with Crippen molar-refractivity contribution in [2.24, 2.45) is 4.99 Å². The smallest absolute Gasteiger partial charge is 0.387 e. The van der Waals surface area contributed by atoms with Crippen LogP contribution in [0, 0.1) is 0 Å². The highest BCUT2D eigenvalue weighted by molar-refractivity contribution is 14.0. The van der Waals surface area contributed by atoms with Gasteiger partial charge in [0.2, 0.25) is 0 Å². The Labute approximate surface area is 171 Å². The van der Waals surface area contributed by atoms with Crippen molar-refractivity contribution in [2.45, 2.75) is 58.7 Å². The van der Waals surface area contributed by atoms with Crippen LogP contribution in [0.4, 0.5) is 8.78 Å². The van der Waals surface area contributed by atoms with Gasteiger partial charge in [-0.2, -0.15) is 8.78 Å². The van der Waals surface area contributed by atoms with Crippen LogP contribution in [0.1, 0.15) is 45.1 Å². The molecule has 1 fully saturated rings. The number of hydrogen-bond donors (Lipinski definition) is 2. The molecule has 26 heavy (non-hydrogen) atoms. The zero-order valence-corrected chi connectivity index (χ0v) is 17.6. The second-order valence-corrected chi connectivity index (χ2v) is 5.91. The van der Waals surface area contributed by atoms with E-state index in [-0.39, 0.29) is 29.7 Å². The summed E-state index contributed by atoms with van der Waals surface area (Å²) in [4.78, 5) is 4.59. The van der Waals surface area contributed by atoms with Crippen LogP contribution in [0.5, 0.6) is 11.5 Å². The molecule has 2 N–H and O–H groups in total. The predicted molar refractivity (Wildman–Crippen MR) is 110 cm³/mol. The Balaban J connectivity index is 0.00000338. The largest absolute Gasteiger partial charge is 0.490 e. The van der Waals surface area contributed by atoms with Crippen LogP contribution in [-0.4, -0.2) is 31.8 Å². The van der Waals surface area contributed by atoms with E-state index in [0.29, 0.717) is 24.9 Å². The first-order valence-electron chi connectivity index (χ1n) is 8.87. The molecular weight excluding hydrogens is 455 g/mol. The molecule has 0 radical (unpaired) electrons. The van der Waals surface area contributed by atoms with Crippen LogP contribution in [0.25, 0.3) is 0 Å². The standard InChI is InChI=1S/C18H27F2N3O2.HI/c1-3-21-18(23-14-7-5-6-8-14)22-12-13-9-10-15(25-17(19)20)16(11-13)24-4-2;/h9-11,14,17H,3-8,12H2,1-2H3,(H2,21,22,23);1H. The molecule has 0 heterocycles. The molecule has 1 aromatic carbocycles. The number of aliphatic imine (C=N–C) groups is 1. The van der Waals surface area contributed by atoms with E-state index in [1.807, 2.05) is 6.92 Å². The average molecular weight is 483 g/mol. The number of nitrogens with zero attached hydrogens (tertiary/aromatic N) is 1. The third-order valence-corrected chi connectivity index (χ3v) is 3.98. The Morgan fingerprint density at radius 2 is 1.96 bits per heavy atom. The Bertz CT molecular complexity index is 567. The molecule has 1 aliphatic carbocycles. The van der Waals surface area contributed by atoms with E-state index >= 15 is 0 Å². The molecular formula is C18H28F2IN3O2. The molecule has 0 amide bonds. The van der Waals surface area contributed by atoms with E-state index in [2.05, 4.69) is 20.4 Å². The quantitative estimate of drug-likeness (QED) is 0.329. The van der Waals surface area contributed by atoms with Crippen LogP contribution >= 0.6 is 24.0 Å². The number of alkyl halides is 2. The van der Waals surface area contributed by atoms with Crippen molar-refractivity contribution in [2.75, 3.05) is 13.2 Å². The summed E-state index contributed by atoms with van der Waals surface area (Å²) in [6.07, 6.45) is 4.83. The highest BCUT2D eigenvalue weighted by atomic mass is 127. The molecule has 0 aromatic heterocycles. The monoisotopic (exact) mass is 483 g/mol. The highest BCUT2D eigenvalue weighted by Gasteiger charge is 2.16. The summed E-state index contributed by atoms with van der Waals surface area (Å²) < 4.78 is 34.8. The molecule has 148 valence electrons. The lowest BCUT2D eigenvalue weighted by Gasteiger charge is -2.17. The van der Waals surface area contributed by atoms with Crippen molar-refractivity contribution in [1.29, 1.82) is 0 Å². The summed E-state index contributed by atoms with van der Waals surface area (Å²) >= 11 is 0. The second-order valence-electron chi connectivity index (χ2n) is 5.91. The minimum Gasteiger partial charge on any atom is -0.490 e. The number of guanidine groups is 1. The molecule has 0 spiro atoms. The van der Waals surface area contributed by atoms with Crippen molar-refractivity contribution in [1.82, 2.24) is 10.6 Å². The maximum absolute atomic E-state index is 12.5. The van der Waals surface area contributed by atoms with Gasteiger partial charge in [0.1, 0.15) is 0 Å². The molecule has 0 unspecified atom stereocenters. The highest BCUT2D eigenvalue weighted by Crippen LogP contribution is 2.30. The van der Waals surface area contributed by atoms with E-state index in [1.165, 1.54) is 31.7 Å². The van der Waals surface area contributed by atoms with Gasteiger partial charge in [0, 0.05) is 12.6 Å². The van der Waals surface area contributed by atoms with E-state index in [0.717, 1.165) is 18.1 Å². The maximum atomic E-state index is 12.5. The molecule has 0 atom stereocenters. The predicted octanol–water partition coefficient (Wildman–Crippen LogP) is 4.30. The van der Waals surface area contributed by atoms with Gasteiger partial charge in [-0.15, -0.1) is 24.0 Å². The topological polar surface area (TPSA) is 54.9 Å². The molecule has 2 rings (SSSR count). The molecule has 0 bridgehead atoms. The van der Waals surface area contributed by atoms with Gasteiger partial charge in [-0.25, -0.2) is 4.99 Å². The first kappa shape index (κ1) is 22.7. The van der Waals surface area contributed by atoms with Crippen LogP contribution in [-0.2, 0) is 6.54 Å². The molecule has 1 aromatic rings. The molecule has 0 saturated heterocycles. The van der Waals surface area contributed by atoms with Gasteiger partial charge in [0.15, 0.2) is 17.5 Å². The van der Waals surface area contributed by atoms with Gasteiger partial charge < -0.3 is 20.1 Å². The fraction of sp³-hybridized carbons (Fsp3) is 0.611. The van der Waals surface area contributed by atoms with Crippen LogP contribution in [0.15, 0.2) is 23.2 Å². The van der Waals surface area contributed by atoms with Crippen LogP contribution in [0.3, 0.4) is 0 Å². The Hall–Kier alpha value is -1.32. The zero-order valence-electron chi connectivity index (χ0n) is 15.3. The maximum Gasteiger partial charge on any atom is 0.387 e. The fourth-order valence-electron chi connectivity index (χ4n) is 2.87. The molecule has 0 aliphatic heterocycles. The number of hydrogen-bond acceptors (Lipinski definition) is 3. The minimum absolute atomic E-state index is 0. The van der Waals surface area contributed by atoms with Crippen LogP contribution in [0.2, 0.25) is 0 Å². The first-order chi connectivity index (χ1) is 12.1. The number of ether oxygens (including phenoxy) is 2. The van der Waals surface area contributed by atoms with Crippen molar-refractivity contribution in [3.63, 3.8) is 0 Å². The SMILES string of the molecule is CCNC(=NCc1ccc(OC(F)F)c(OCC)c1)NC1CCCC1.I. The van der Waals surface area contributed by atoms with Gasteiger partial charge in [-0.1, -0.05) is 18.9 Å². The molecule has 8 heteroatoms. The first-order valence-corrected chi connectivity index (χ1v) is 8.87. The minimum atomic E-state index is -2.88. The summed E-state index contributed by atoms with van der Waals surface area (Å²) in [6.45, 7) is 2.53. The normalized spacial score (nSPS) is 14.9. The van der Waals surface area contributed by atoms with Gasteiger partial charge >= 0.3 is 6.61 Å². The number of nitrogens with one attached hydrogen (secondary N) is 2. The molecule has 5 nitrogen and oxygen atoms in total. The summed E-state index contributed by atoms with van der Waals surface area (Å²) in [5.74, 6) is 1.13. The average Bonchev–Trinajstić information content (AvgIpc) is 3.08. The summed E-state index contributed by atoms with van der Waals surface area (Å²) in [5.41, 5.74) is 0.869. The van der Waals surface area contributed by atoms with Crippen molar-refractivity contribution >= 4 is 29.9 Å². The van der Waals surface area contributed by atoms with Crippen molar-refractivity contribution < 1.29 is 18.3 Å². The van der Waals surface area contributed by atoms with Gasteiger partial charge in [-0.3, -0.25) is 0 Å². The third kappa shape index (κ3) is 7.51.